The van der Waals surface area contributed by atoms with Crippen molar-refractivity contribution in [3.05, 3.63) is 89.9 Å². The second kappa shape index (κ2) is 13.6. The van der Waals surface area contributed by atoms with Gasteiger partial charge in [-0.25, -0.2) is 4.98 Å². The molecule has 0 spiro atoms. The molecule has 0 unspecified atom stereocenters. The molecule has 4 amide bonds. The van der Waals surface area contributed by atoms with Crippen molar-refractivity contribution in [1.29, 1.82) is 0 Å². The number of carbonyl (C=O) groups is 4. The van der Waals surface area contributed by atoms with E-state index in [1.54, 1.807) is 30.3 Å². The molecule has 3 fully saturated rings. The number of likely N-dealkylation sites (tertiary alicyclic amines) is 1. The van der Waals surface area contributed by atoms with E-state index in [0.29, 0.717) is 49.9 Å². The second-order valence-electron chi connectivity index (χ2n) is 13.4. The number of hydrazine groups is 1. The Kier molecular flexibility index (Phi) is 9.64. The summed E-state index contributed by atoms with van der Waals surface area (Å²) in [6, 6.07) is 8.58. The number of halogens is 7. The third-order valence-electron chi connectivity index (χ3n) is 10.8. The van der Waals surface area contributed by atoms with Gasteiger partial charge in [0, 0.05) is 28.2 Å². The molecule has 1 aromatic heterocycles. The number of hydrogen-bond donors (Lipinski definition) is 2. The van der Waals surface area contributed by atoms with Gasteiger partial charge in [-0.05, 0) is 92.4 Å². The van der Waals surface area contributed by atoms with Crippen LogP contribution in [0.5, 0.6) is 11.5 Å². The predicted octanol–water partition coefficient (Wildman–Crippen LogP) is 8.04. The summed E-state index contributed by atoms with van der Waals surface area (Å²) in [5, 5.41) is 11.5. The molecule has 2 aromatic carbocycles. The van der Waals surface area contributed by atoms with E-state index in [1.807, 2.05) is 13.0 Å². The lowest BCUT2D eigenvalue weighted by molar-refractivity contribution is -0.141. The number of phenolic OH excluding ortho intramolecular Hbond substituents is 1. The van der Waals surface area contributed by atoms with Gasteiger partial charge in [-0.3, -0.25) is 29.5 Å². The van der Waals surface area contributed by atoms with Crippen molar-refractivity contribution >= 4 is 84.5 Å². The molecule has 6 atom stereocenters. The molecule has 1 saturated carbocycles. The maximum atomic E-state index is 15.4. The minimum atomic E-state index is -4.75. The maximum Gasteiger partial charge on any atom is 0.417 e. The van der Waals surface area contributed by atoms with Gasteiger partial charge in [-0.15, -0.1) is 0 Å². The predicted molar refractivity (Wildman–Crippen MR) is 194 cm³/mol. The van der Waals surface area contributed by atoms with Gasteiger partial charge in [0.1, 0.15) is 0 Å². The SMILES string of the molecule is CCCN1C(=O)[C@H]2[C@H](CC=C3[C@H]2C[C@H]2C(=O)N(Nc4ncc(C(F)(F)F)cc4Cl)C(=O)[C@@]2(c2ccc(Cl)cc2)[C@H]3c2cc(OC)c(O)c(Br)c2Br)C1=O. The van der Waals surface area contributed by atoms with Crippen LogP contribution in [0.3, 0.4) is 0 Å². The number of carbonyl (C=O) groups excluding carboxylic acids is 4. The molecule has 0 bridgehead atoms. The van der Waals surface area contributed by atoms with E-state index < -0.39 is 63.6 Å². The number of alkyl halides is 3. The molecule has 278 valence electrons. The molecule has 4 aliphatic rings. The summed E-state index contributed by atoms with van der Waals surface area (Å²) in [5.41, 5.74) is 1.13. The molecule has 2 N–H and O–H groups in total. The van der Waals surface area contributed by atoms with Crippen LogP contribution in [-0.4, -0.2) is 57.3 Å². The van der Waals surface area contributed by atoms with Crippen molar-refractivity contribution in [2.45, 2.75) is 43.7 Å². The summed E-state index contributed by atoms with van der Waals surface area (Å²) >= 11 is 19.6. The van der Waals surface area contributed by atoms with Crippen molar-refractivity contribution < 1.29 is 42.2 Å². The standard InChI is InChI=1S/C36H29Br2Cl2F3N4O6/c1-3-10-46-31(49)19-9-8-18-20(25(19)33(46)51)12-22-32(50)47(45-30-23(40)11-16(14-44-30)36(41,42)43)34(52)35(22,15-4-6-17(39)7-5-15)26(18)21-13-24(53-2)29(48)28(38)27(21)37/h4-8,11,13-14,19-20,22,25-26,48H,3,9-10,12H2,1-2H3,(H,44,45)/t19-,20+,22-,25-,26+,35+/m0/s1. The summed E-state index contributed by atoms with van der Waals surface area (Å²) in [5.74, 6) is -7.16. The van der Waals surface area contributed by atoms with Crippen LogP contribution in [0.1, 0.15) is 48.8 Å². The minimum Gasteiger partial charge on any atom is -0.503 e. The first-order valence-corrected chi connectivity index (χ1v) is 18.9. The molecule has 2 aliphatic heterocycles. The average Bonchev–Trinajstić information content (AvgIpc) is 3.49. The number of nitrogens with one attached hydrogen (secondary N) is 1. The van der Waals surface area contributed by atoms with E-state index in [2.05, 4.69) is 42.3 Å². The third-order valence-corrected chi connectivity index (χ3v) is 13.5. The highest BCUT2D eigenvalue weighted by molar-refractivity contribution is 9.13. The van der Waals surface area contributed by atoms with Crippen LogP contribution >= 0.6 is 55.1 Å². The van der Waals surface area contributed by atoms with E-state index in [9.17, 15) is 32.7 Å². The Bertz CT molecular complexity index is 2120. The Labute approximate surface area is 327 Å². The number of aromatic hydroxyl groups is 1. The number of fused-ring (bicyclic) bond motifs is 4. The molecule has 53 heavy (non-hydrogen) atoms. The fourth-order valence-electron chi connectivity index (χ4n) is 8.61. The zero-order chi connectivity index (χ0) is 38.3. The highest BCUT2D eigenvalue weighted by atomic mass is 79.9. The largest absolute Gasteiger partial charge is 0.503 e. The van der Waals surface area contributed by atoms with E-state index in [0.717, 1.165) is 0 Å². The van der Waals surface area contributed by atoms with Crippen LogP contribution in [0, 0.1) is 23.7 Å². The molecule has 2 saturated heterocycles. The number of allylic oxidation sites excluding steroid dienone is 2. The molecular formula is C36H29Br2Cl2F3N4O6. The minimum absolute atomic E-state index is 0.0317. The van der Waals surface area contributed by atoms with Crippen molar-refractivity contribution in [1.82, 2.24) is 14.9 Å². The van der Waals surface area contributed by atoms with Gasteiger partial charge in [0.25, 0.3) is 11.8 Å². The van der Waals surface area contributed by atoms with Crippen LogP contribution in [0.15, 0.2) is 63.2 Å². The van der Waals surface area contributed by atoms with E-state index in [4.69, 9.17) is 27.9 Å². The Balaban J connectivity index is 1.48. The Morgan fingerprint density at radius 1 is 1.04 bits per heavy atom. The number of phenols is 1. The number of anilines is 1. The summed E-state index contributed by atoms with van der Waals surface area (Å²) < 4.78 is 46.5. The molecule has 3 aromatic rings. The number of methoxy groups -OCH3 is 1. The summed E-state index contributed by atoms with van der Waals surface area (Å²) in [7, 11) is 1.35. The van der Waals surface area contributed by atoms with Gasteiger partial charge < -0.3 is 9.84 Å². The van der Waals surface area contributed by atoms with Gasteiger partial charge in [0.2, 0.25) is 11.8 Å². The number of pyridine rings is 1. The molecule has 10 nitrogen and oxygen atoms in total. The van der Waals surface area contributed by atoms with E-state index >= 15 is 4.79 Å². The van der Waals surface area contributed by atoms with Gasteiger partial charge in [-0.2, -0.15) is 18.2 Å². The topological polar surface area (TPSA) is 129 Å². The molecular weight excluding hydrogens is 872 g/mol. The molecule has 17 heteroatoms. The summed E-state index contributed by atoms with van der Waals surface area (Å²) in [6.07, 6.45) is -1.64. The number of benzene rings is 2. The van der Waals surface area contributed by atoms with Crippen molar-refractivity contribution in [2.75, 3.05) is 19.1 Å². The fraction of sp³-hybridized carbons (Fsp3) is 0.361. The van der Waals surface area contributed by atoms with E-state index in [-0.39, 0.29) is 53.0 Å². The van der Waals surface area contributed by atoms with Gasteiger partial charge >= 0.3 is 6.18 Å². The number of nitrogens with zero attached hydrogens (tertiary/aromatic N) is 3. The summed E-state index contributed by atoms with van der Waals surface area (Å²) in [4.78, 5) is 62.9. The quantitative estimate of drug-likeness (QED) is 0.180. The van der Waals surface area contributed by atoms with Gasteiger partial charge in [-0.1, -0.05) is 53.9 Å². The Morgan fingerprint density at radius 3 is 2.36 bits per heavy atom. The summed E-state index contributed by atoms with van der Waals surface area (Å²) in [6.45, 7) is 2.09. The van der Waals surface area contributed by atoms with Crippen LogP contribution < -0.4 is 10.2 Å². The number of ether oxygens (including phenoxy) is 1. The molecule has 3 heterocycles. The third kappa shape index (κ3) is 5.67. The highest BCUT2D eigenvalue weighted by Crippen LogP contribution is 2.65. The van der Waals surface area contributed by atoms with Crippen molar-refractivity contribution in [3.63, 3.8) is 0 Å². The maximum absolute atomic E-state index is 15.4. The number of hydrogen-bond acceptors (Lipinski definition) is 8. The Hall–Kier alpha value is -3.66. The Morgan fingerprint density at radius 2 is 1.74 bits per heavy atom. The second-order valence-corrected chi connectivity index (χ2v) is 15.8. The smallest absolute Gasteiger partial charge is 0.417 e. The lowest BCUT2D eigenvalue weighted by atomic mass is 9.49. The van der Waals surface area contributed by atoms with Gasteiger partial charge in [0.15, 0.2) is 17.3 Å². The van der Waals surface area contributed by atoms with E-state index in [1.165, 1.54) is 12.0 Å². The average molecular weight is 901 g/mol. The number of amides is 4. The number of imide groups is 2. The van der Waals surface area contributed by atoms with Crippen LogP contribution in [0.2, 0.25) is 10.0 Å². The van der Waals surface area contributed by atoms with Crippen LogP contribution in [0.4, 0.5) is 19.0 Å². The van der Waals surface area contributed by atoms with Gasteiger partial charge in [0.05, 0.1) is 45.3 Å². The van der Waals surface area contributed by atoms with Crippen LogP contribution in [-0.2, 0) is 30.8 Å². The first-order chi connectivity index (χ1) is 25.1. The monoisotopic (exact) mass is 898 g/mol. The molecule has 2 aliphatic carbocycles. The first kappa shape index (κ1) is 37.6. The highest BCUT2D eigenvalue weighted by Gasteiger charge is 2.70. The lowest BCUT2D eigenvalue weighted by Crippen LogP contribution is -2.53. The normalized spacial score (nSPS) is 26.7. The zero-order valence-electron chi connectivity index (χ0n) is 27.8. The first-order valence-electron chi connectivity index (χ1n) is 16.5. The van der Waals surface area contributed by atoms with Crippen molar-refractivity contribution in [3.8, 4) is 11.5 Å². The number of aromatic nitrogens is 1. The molecule has 0 radical (unpaired) electrons. The molecule has 7 rings (SSSR count). The zero-order valence-corrected chi connectivity index (χ0v) is 32.5. The number of rotatable bonds is 7. The fourth-order valence-corrected chi connectivity index (χ4v) is 9.90. The van der Waals surface area contributed by atoms with Crippen LogP contribution in [0.25, 0.3) is 0 Å². The lowest BCUT2D eigenvalue weighted by Gasteiger charge is -2.51. The van der Waals surface area contributed by atoms with Crippen molar-refractivity contribution in [2.24, 2.45) is 23.7 Å².